The van der Waals surface area contributed by atoms with Crippen LogP contribution in [-0.4, -0.2) is 4.98 Å². The van der Waals surface area contributed by atoms with Crippen molar-refractivity contribution in [2.45, 2.75) is 6.92 Å². The van der Waals surface area contributed by atoms with Gasteiger partial charge in [0, 0.05) is 18.3 Å². The fraction of sp³-hybridized carbons (Fsp3) is 0.0833. The van der Waals surface area contributed by atoms with Gasteiger partial charge in [-0.25, -0.2) is 9.37 Å². The van der Waals surface area contributed by atoms with Crippen LogP contribution in [0.2, 0.25) is 0 Å². The maximum Gasteiger partial charge on any atom is 0.219 e. The van der Waals surface area contributed by atoms with E-state index in [9.17, 15) is 4.39 Å². The lowest BCUT2D eigenvalue weighted by Gasteiger charge is -2.06. The fourth-order valence-corrected chi connectivity index (χ4v) is 1.21. The van der Waals surface area contributed by atoms with Gasteiger partial charge in [0.1, 0.15) is 11.6 Å². The minimum Gasteiger partial charge on any atom is -0.439 e. The number of ether oxygens (including phenoxy) is 1. The van der Waals surface area contributed by atoms with E-state index in [2.05, 4.69) is 11.1 Å². The van der Waals surface area contributed by atoms with Gasteiger partial charge >= 0.3 is 0 Å². The number of pyridine rings is 1. The normalized spacial score (nSPS) is 10.0. The minimum atomic E-state index is -0.269. The molecule has 0 spiro atoms. The van der Waals surface area contributed by atoms with Gasteiger partial charge in [-0.05, 0) is 36.8 Å². The van der Waals surface area contributed by atoms with Crippen molar-refractivity contribution in [1.82, 2.24) is 4.98 Å². The maximum atomic E-state index is 12.8. The van der Waals surface area contributed by atoms with E-state index in [1.54, 1.807) is 25.1 Å². The summed E-state index contributed by atoms with van der Waals surface area (Å²) in [6.45, 7) is 1.79. The van der Waals surface area contributed by atoms with Crippen LogP contribution in [0.4, 0.5) is 4.39 Å². The molecule has 3 heteroatoms. The van der Waals surface area contributed by atoms with Crippen molar-refractivity contribution in [3.05, 3.63) is 54.0 Å². The Labute approximate surface area is 87.4 Å². The van der Waals surface area contributed by atoms with Gasteiger partial charge in [0.2, 0.25) is 5.88 Å². The maximum absolute atomic E-state index is 12.8. The average Bonchev–Trinajstić information content (AvgIpc) is 2.24. The summed E-state index contributed by atoms with van der Waals surface area (Å²) in [6, 6.07) is 10.6. The van der Waals surface area contributed by atoms with Crippen LogP contribution in [-0.2, 0) is 0 Å². The molecule has 15 heavy (non-hydrogen) atoms. The summed E-state index contributed by atoms with van der Waals surface area (Å²) in [7, 11) is 0. The molecule has 1 heterocycles. The van der Waals surface area contributed by atoms with Crippen molar-refractivity contribution in [3.8, 4) is 11.6 Å². The fourth-order valence-electron chi connectivity index (χ4n) is 1.21. The third-order valence-electron chi connectivity index (χ3n) is 1.94. The lowest BCUT2D eigenvalue weighted by atomic mass is 10.2. The molecule has 1 aromatic heterocycles. The standard InChI is InChI=1S/C12H9FNO/c1-9-8-10(13)5-6-11(9)15-12-4-2-3-7-14-12/h2,4-8H,1H3. The monoisotopic (exact) mass is 202 g/mol. The van der Waals surface area contributed by atoms with E-state index in [0.29, 0.717) is 11.6 Å². The number of halogens is 1. The summed E-state index contributed by atoms with van der Waals surface area (Å²) in [5.74, 6) is 0.813. The van der Waals surface area contributed by atoms with Crippen molar-refractivity contribution in [2.75, 3.05) is 0 Å². The van der Waals surface area contributed by atoms with E-state index in [0.717, 1.165) is 5.56 Å². The number of benzene rings is 1. The summed E-state index contributed by atoms with van der Waals surface area (Å²) in [6.07, 6.45) is 1.52. The Morgan fingerprint density at radius 1 is 1.33 bits per heavy atom. The van der Waals surface area contributed by atoms with Gasteiger partial charge in [0.25, 0.3) is 0 Å². The Morgan fingerprint density at radius 3 is 2.87 bits per heavy atom. The van der Waals surface area contributed by atoms with Gasteiger partial charge in [0.05, 0.1) is 0 Å². The molecule has 0 saturated carbocycles. The van der Waals surface area contributed by atoms with Crippen LogP contribution in [0.25, 0.3) is 0 Å². The predicted molar refractivity (Wildman–Crippen MR) is 54.3 cm³/mol. The Balaban J connectivity index is 2.25. The van der Waals surface area contributed by atoms with Crippen LogP contribution in [0.1, 0.15) is 5.56 Å². The van der Waals surface area contributed by atoms with Crippen LogP contribution in [0, 0.1) is 18.8 Å². The lowest BCUT2D eigenvalue weighted by molar-refractivity contribution is 0.457. The van der Waals surface area contributed by atoms with Crippen molar-refractivity contribution >= 4 is 0 Å². The zero-order valence-corrected chi connectivity index (χ0v) is 8.20. The molecule has 2 aromatic rings. The zero-order chi connectivity index (χ0) is 10.7. The largest absolute Gasteiger partial charge is 0.439 e. The molecule has 1 aromatic carbocycles. The van der Waals surface area contributed by atoms with Crippen molar-refractivity contribution in [2.24, 2.45) is 0 Å². The zero-order valence-electron chi connectivity index (χ0n) is 8.20. The highest BCUT2D eigenvalue weighted by Gasteiger charge is 2.02. The Hall–Kier alpha value is -1.90. The second-order valence-corrected chi connectivity index (χ2v) is 3.11. The van der Waals surface area contributed by atoms with Crippen molar-refractivity contribution in [3.63, 3.8) is 0 Å². The molecule has 0 aliphatic carbocycles. The summed E-state index contributed by atoms with van der Waals surface area (Å²) >= 11 is 0. The van der Waals surface area contributed by atoms with E-state index in [-0.39, 0.29) is 5.82 Å². The van der Waals surface area contributed by atoms with Crippen LogP contribution in [0.3, 0.4) is 0 Å². The van der Waals surface area contributed by atoms with Crippen LogP contribution >= 0.6 is 0 Å². The highest BCUT2D eigenvalue weighted by Crippen LogP contribution is 2.23. The van der Waals surface area contributed by atoms with Gasteiger partial charge in [-0.1, -0.05) is 0 Å². The molecular weight excluding hydrogens is 193 g/mol. The first-order chi connectivity index (χ1) is 7.25. The first-order valence-electron chi connectivity index (χ1n) is 4.52. The summed E-state index contributed by atoms with van der Waals surface area (Å²) < 4.78 is 18.3. The molecule has 0 atom stereocenters. The predicted octanol–water partition coefficient (Wildman–Crippen LogP) is 3.12. The van der Waals surface area contributed by atoms with Crippen LogP contribution < -0.4 is 4.74 Å². The van der Waals surface area contributed by atoms with Crippen LogP contribution in [0.5, 0.6) is 11.6 Å². The first-order valence-corrected chi connectivity index (χ1v) is 4.52. The molecule has 75 valence electrons. The SMILES string of the molecule is Cc1cc(F)ccc1Oc1cc[c]cn1. The summed E-state index contributed by atoms with van der Waals surface area (Å²) in [5.41, 5.74) is 0.740. The molecule has 1 radical (unpaired) electrons. The smallest absolute Gasteiger partial charge is 0.219 e. The third kappa shape index (κ3) is 2.31. The molecule has 0 aliphatic heterocycles. The molecule has 0 N–H and O–H groups in total. The quantitative estimate of drug-likeness (QED) is 0.746. The second kappa shape index (κ2) is 4.09. The molecule has 0 unspecified atom stereocenters. The molecule has 0 fully saturated rings. The number of hydrogen-bond donors (Lipinski definition) is 0. The Morgan fingerprint density at radius 2 is 2.20 bits per heavy atom. The molecule has 2 nitrogen and oxygen atoms in total. The molecule has 0 aliphatic rings. The number of nitrogens with zero attached hydrogens (tertiary/aromatic N) is 1. The topological polar surface area (TPSA) is 22.1 Å². The number of hydrogen-bond acceptors (Lipinski definition) is 2. The highest BCUT2D eigenvalue weighted by atomic mass is 19.1. The first kappa shape index (κ1) is 9.65. The van der Waals surface area contributed by atoms with Gasteiger partial charge in [-0.15, -0.1) is 0 Å². The molecule has 0 bridgehead atoms. The van der Waals surface area contributed by atoms with Gasteiger partial charge in [0.15, 0.2) is 0 Å². The van der Waals surface area contributed by atoms with E-state index in [4.69, 9.17) is 4.74 Å². The summed E-state index contributed by atoms with van der Waals surface area (Å²) in [4.78, 5) is 3.97. The van der Waals surface area contributed by atoms with Crippen molar-refractivity contribution < 1.29 is 9.13 Å². The minimum absolute atomic E-state index is 0.269. The van der Waals surface area contributed by atoms with Crippen molar-refractivity contribution in [1.29, 1.82) is 0 Å². The number of rotatable bonds is 2. The molecule has 2 rings (SSSR count). The highest BCUT2D eigenvalue weighted by molar-refractivity contribution is 5.35. The van der Waals surface area contributed by atoms with Crippen LogP contribution in [0.15, 0.2) is 36.5 Å². The van der Waals surface area contributed by atoms with Gasteiger partial charge in [-0.2, -0.15) is 0 Å². The Bertz CT molecular complexity index is 456. The van der Waals surface area contributed by atoms with E-state index in [1.165, 1.54) is 18.3 Å². The molecule has 0 amide bonds. The number of aromatic nitrogens is 1. The van der Waals surface area contributed by atoms with E-state index < -0.39 is 0 Å². The lowest BCUT2D eigenvalue weighted by Crippen LogP contribution is -1.90. The van der Waals surface area contributed by atoms with E-state index in [1.807, 2.05) is 0 Å². The van der Waals surface area contributed by atoms with Gasteiger partial charge in [-0.3, -0.25) is 0 Å². The summed E-state index contributed by atoms with van der Waals surface area (Å²) in [5, 5.41) is 0. The number of aryl methyl sites for hydroxylation is 1. The van der Waals surface area contributed by atoms with E-state index >= 15 is 0 Å². The van der Waals surface area contributed by atoms with Gasteiger partial charge < -0.3 is 4.74 Å². The third-order valence-corrected chi connectivity index (χ3v) is 1.94. The molecule has 0 saturated heterocycles. The second-order valence-electron chi connectivity index (χ2n) is 3.11. The molecular formula is C12H9FNO. The Kier molecular flexibility index (Phi) is 2.63. The average molecular weight is 202 g/mol.